The van der Waals surface area contributed by atoms with Gasteiger partial charge in [0.15, 0.2) is 0 Å². The molecule has 74 valence electrons. The smallest absolute Gasteiger partial charge is 0.0727 e. The van der Waals surface area contributed by atoms with E-state index >= 15 is 0 Å². The van der Waals surface area contributed by atoms with Crippen molar-refractivity contribution >= 4 is 0 Å². The van der Waals surface area contributed by atoms with Gasteiger partial charge in [0.05, 0.1) is 18.3 Å². The first kappa shape index (κ1) is 10.2. The molecule has 1 aromatic rings. The van der Waals surface area contributed by atoms with E-state index in [9.17, 15) is 0 Å². The van der Waals surface area contributed by atoms with Crippen molar-refractivity contribution in [3.63, 3.8) is 0 Å². The molecule has 13 heavy (non-hydrogen) atoms. The second-order valence-corrected chi connectivity index (χ2v) is 2.87. The van der Waals surface area contributed by atoms with Gasteiger partial charge in [-0.15, -0.1) is 0 Å². The molecule has 0 spiro atoms. The van der Waals surface area contributed by atoms with Crippen LogP contribution in [0, 0.1) is 0 Å². The van der Waals surface area contributed by atoms with Crippen LogP contribution in [-0.4, -0.2) is 30.5 Å². The van der Waals surface area contributed by atoms with Crippen molar-refractivity contribution in [3.05, 3.63) is 18.0 Å². The predicted octanol–water partition coefficient (Wildman–Crippen LogP) is 0.810. The molecular formula is C9H17N3O. The molecule has 0 aliphatic carbocycles. The molecule has 0 aliphatic rings. The third-order valence-corrected chi connectivity index (χ3v) is 2.09. The van der Waals surface area contributed by atoms with Gasteiger partial charge >= 0.3 is 0 Å². The van der Waals surface area contributed by atoms with Gasteiger partial charge in [-0.2, -0.15) is 5.10 Å². The minimum Gasteiger partial charge on any atom is -0.383 e. The van der Waals surface area contributed by atoms with Crippen LogP contribution in [0.2, 0.25) is 0 Å². The zero-order valence-electron chi connectivity index (χ0n) is 8.45. The van der Waals surface area contributed by atoms with Crippen molar-refractivity contribution in [1.29, 1.82) is 0 Å². The van der Waals surface area contributed by atoms with Crippen molar-refractivity contribution in [2.75, 3.05) is 20.8 Å². The van der Waals surface area contributed by atoms with Crippen molar-refractivity contribution in [3.8, 4) is 0 Å². The summed E-state index contributed by atoms with van der Waals surface area (Å²) >= 11 is 0. The number of methoxy groups -OCH3 is 1. The number of aryl methyl sites for hydroxylation is 1. The Balaban J connectivity index is 2.77. The lowest BCUT2D eigenvalue weighted by Gasteiger charge is -2.16. The van der Waals surface area contributed by atoms with Gasteiger partial charge in [-0.25, -0.2) is 0 Å². The number of rotatable bonds is 5. The van der Waals surface area contributed by atoms with E-state index in [0.717, 1.165) is 6.54 Å². The lowest BCUT2D eigenvalue weighted by Crippen LogP contribution is -2.24. The summed E-state index contributed by atoms with van der Waals surface area (Å²) in [6.45, 7) is 3.64. The number of nitrogens with zero attached hydrogens (tertiary/aromatic N) is 2. The molecule has 1 heterocycles. The summed E-state index contributed by atoms with van der Waals surface area (Å²) in [6, 6.07) is 2.25. The molecule has 1 N–H and O–H groups in total. The van der Waals surface area contributed by atoms with Crippen molar-refractivity contribution in [1.82, 2.24) is 15.1 Å². The van der Waals surface area contributed by atoms with Gasteiger partial charge in [0.1, 0.15) is 0 Å². The molecule has 0 saturated carbocycles. The molecule has 0 aliphatic heterocycles. The van der Waals surface area contributed by atoms with E-state index in [1.54, 1.807) is 7.11 Å². The lowest BCUT2D eigenvalue weighted by molar-refractivity contribution is 0.167. The average molecular weight is 183 g/mol. The zero-order valence-corrected chi connectivity index (χ0v) is 8.45. The summed E-state index contributed by atoms with van der Waals surface area (Å²) in [7, 11) is 3.63. The second kappa shape index (κ2) is 4.99. The van der Waals surface area contributed by atoms with Crippen molar-refractivity contribution < 1.29 is 4.74 Å². The molecule has 0 saturated heterocycles. The van der Waals surface area contributed by atoms with Crippen LogP contribution < -0.4 is 5.32 Å². The Morgan fingerprint density at radius 1 is 1.69 bits per heavy atom. The summed E-state index contributed by atoms with van der Waals surface area (Å²) in [5.41, 5.74) is 1.17. The Kier molecular flexibility index (Phi) is 3.92. The lowest BCUT2D eigenvalue weighted by atomic mass is 10.2. The fourth-order valence-corrected chi connectivity index (χ4v) is 1.39. The monoisotopic (exact) mass is 183 g/mol. The minimum atomic E-state index is 0.229. The maximum atomic E-state index is 5.11. The third-order valence-electron chi connectivity index (χ3n) is 2.09. The van der Waals surface area contributed by atoms with E-state index in [0.29, 0.717) is 6.61 Å². The Labute approximate surface area is 78.9 Å². The van der Waals surface area contributed by atoms with Crippen LogP contribution in [0.15, 0.2) is 12.3 Å². The van der Waals surface area contributed by atoms with E-state index in [1.165, 1.54) is 5.69 Å². The second-order valence-electron chi connectivity index (χ2n) is 2.87. The van der Waals surface area contributed by atoms with Crippen LogP contribution in [0.25, 0.3) is 0 Å². The van der Waals surface area contributed by atoms with Crippen LogP contribution in [0.3, 0.4) is 0 Å². The van der Waals surface area contributed by atoms with Crippen LogP contribution in [-0.2, 0) is 11.3 Å². The highest BCUT2D eigenvalue weighted by atomic mass is 16.5. The highest BCUT2D eigenvalue weighted by molar-refractivity contribution is 5.06. The number of ether oxygens (including phenoxy) is 1. The Hall–Kier alpha value is -0.870. The molecule has 0 aromatic carbocycles. The fraction of sp³-hybridized carbons (Fsp3) is 0.667. The van der Waals surface area contributed by atoms with Gasteiger partial charge in [-0.3, -0.25) is 4.68 Å². The van der Waals surface area contributed by atoms with Gasteiger partial charge in [-0.05, 0) is 20.0 Å². The van der Waals surface area contributed by atoms with Gasteiger partial charge in [0.2, 0.25) is 0 Å². The van der Waals surface area contributed by atoms with E-state index in [4.69, 9.17) is 4.74 Å². The number of nitrogens with one attached hydrogen (secondary N) is 1. The van der Waals surface area contributed by atoms with Gasteiger partial charge in [0, 0.05) is 19.9 Å². The Morgan fingerprint density at radius 2 is 2.46 bits per heavy atom. The third kappa shape index (κ3) is 2.29. The standard InChI is InChI=1S/C9H17N3O/c1-4-12-9(5-6-11-12)8(10-2)7-13-3/h5-6,8,10H,4,7H2,1-3H3. The SMILES string of the molecule is CCn1nccc1C(COC)NC. The first-order valence-electron chi connectivity index (χ1n) is 4.51. The molecule has 0 amide bonds. The van der Waals surface area contributed by atoms with Gasteiger partial charge < -0.3 is 10.1 Å². The Bertz CT molecular complexity index is 247. The number of likely N-dealkylation sites (N-methyl/N-ethyl adjacent to an activating group) is 1. The fourth-order valence-electron chi connectivity index (χ4n) is 1.39. The van der Waals surface area contributed by atoms with Crippen LogP contribution in [0.1, 0.15) is 18.7 Å². The van der Waals surface area contributed by atoms with Crippen molar-refractivity contribution in [2.24, 2.45) is 0 Å². The van der Waals surface area contributed by atoms with E-state index < -0.39 is 0 Å². The van der Waals surface area contributed by atoms with E-state index in [2.05, 4.69) is 17.3 Å². The Morgan fingerprint density at radius 3 is 3.00 bits per heavy atom. The largest absolute Gasteiger partial charge is 0.383 e. The van der Waals surface area contributed by atoms with E-state index in [1.807, 2.05) is 24.0 Å². The number of hydrogen-bond acceptors (Lipinski definition) is 3. The van der Waals surface area contributed by atoms with Crippen molar-refractivity contribution in [2.45, 2.75) is 19.5 Å². The topological polar surface area (TPSA) is 39.1 Å². The van der Waals surface area contributed by atoms with E-state index in [-0.39, 0.29) is 6.04 Å². The first-order chi connectivity index (χ1) is 6.33. The predicted molar refractivity (Wildman–Crippen MR) is 51.6 cm³/mol. The van der Waals surface area contributed by atoms with Crippen LogP contribution in [0.4, 0.5) is 0 Å². The minimum absolute atomic E-state index is 0.229. The first-order valence-corrected chi connectivity index (χ1v) is 4.51. The molecular weight excluding hydrogens is 166 g/mol. The summed E-state index contributed by atoms with van der Waals surface area (Å²) in [5, 5.41) is 7.40. The molecule has 0 bridgehead atoms. The van der Waals surface area contributed by atoms with Crippen LogP contribution in [0.5, 0.6) is 0 Å². The quantitative estimate of drug-likeness (QED) is 0.734. The summed E-state index contributed by atoms with van der Waals surface area (Å²) in [6.07, 6.45) is 1.82. The molecule has 1 unspecified atom stereocenters. The van der Waals surface area contributed by atoms with Gasteiger partial charge in [0.25, 0.3) is 0 Å². The molecule has 1 rings (SSSR count). The molecule has 1 aromatic heterocycles. The van der Waals surface area contributed by atoms with Crippen LogP contribution >= 0.6 is 0 Å². The average Bonchev–Trinajstić information content (AvgIpc) is 2.61. The molecule has 0 radical (unpaired) electrons. The number of hydrogen-bond donors (Lipinski definition) is 1. The highest BCUT2D eigenvalue weighted by Gasteiger charge is 2.12. The summed E-state index contributed by atoms with van der Waals surface area (Å²) < 4.78 is 7.09. The summed E-state index contributed by atoms with van der Waals surface area (Å²) in [4.78, 5) is 0. The van der Waals surface area contributed by atoms with Gasteiger partial charge in [-0.1, -0.05) is 0 Å². The molecule has 4 heteroatoms. The maximum Gasteiger partial charge on any atom is 0.0727 e. The molecule has 4 nitrogen and oxygen atoms in total. The maximum absolute atomic E-state index is 5.11. The number of aromatic nitrogens is 2. The zero-order chi connectivity index (χ0) is 9.68. The normalized spacial score (nSPS) is 13.2. The molecule has 0 fully saturated rings. The summed E-state index contributed by atoms with van der Waals surface area (Å²) in [5.74, 6) is 0. The molecule has 1 atom stereocenters. The highest BCUT2D eigenvalue weighted by Crippen LogP contribution is 2.11.